The molecule has 0 bridgehead atoms. The lowest BCUT2D eigenvalue weighted by Gasteiger charge is -2.12. The number of nitrogen functional groups attached to an aromatic ring is 1. The number of carbonyl (C=O) groups is 1. The van der Waals surface area contributed by atoms with Gasteiger partial charge in [0.15, 0.2) is 5.82 Å². The molecule has 2 heterocycles. The molecule has 10 heteroatoms. The molecule has 0 aliphatic carbocycles. The van der Waals surface area contributed by atoms with Crippen LogP contribution in [0.1, 0.15) is 24.0 Å². The fourth-order valence-corrected chi connectivity index (χ4v) is 3.12. The molecule has 0 radical (unpaired) electrons. The van der Waals surface area contributed by atoms with Crippen LogP contribution in [0.3, 0.4) is 0 Å². The normalized spacial score (nSPS) is 10.7. The van der Waals surface area contributed by atoms with Gasteiger partial charge in [0, 0.05) is 24.9 Å². The average molecular weight is 430 g/mol. The summed E-state index contributed by atoms with van der Waals surface area (Å²) in [5.41, 5.74) is 9.90. The summed E-state index contributed by atoms with van der Waals surface area (Å²) >= 11 is 0. The van der Waals surface area contributed by atoms with Crippen LogP contribution in [0.25, 0.3) is 16.8 Å². The van der Waals surface area contributed by atoms with E-state index in [4.69, 9.17) is 10.5 Å². The smallest absolute Gasteiger partial charge is 0.410 e. The number of benzene rings is 2. The van der Waals surface area contributed by atoms with E-state index in [1.165, 1.54) is 12.4 Å². The molecule has 0 aliphatic rings. The standard InChI is InChI=1S/C22H22N8O2/c1-3-20-27-28-29-30(20)17-10-16(15-6-4-14(2)5-7-15)11-18(12-17)32-22(31)26-13-19-21(23)25-9-8-24-19/h4-12H,3,13H2,1-2H3,(H2,23,25)(H,26,31). The maximum atomic E-state index is 12.4. The van der Waals surface area contributed by atoms with Gasteiger partial charge < -0.3 is 15.8 Å². The van der Waals surface area contributed by atoms with Crippen LogP contribution < -0.4 is 15.8 Å². The number of hydrogen-bond acceptors (Lipinski definition) is 8. The van der Waals surface area contributed by atoms with E-state index in [0.717, 1.165) is 16.7 Å². The molecule has 0 unspecified atom stereocenters. The Balaban J connectivity index is 1.62. The highest BCUT2D eigenvalue weighted by Crippen LogP contribution is 2.28. The summed E-state index contributed by atoms with van der Waals surface area (Å²) in [4.78, 5) is 20.5. The number of nitrogens with zero attached hydrogens (tertiary/aromatic N) is 6. The van der Waals surface area contributed by atoms with Crippen molar-refractivity contribution >= 4 is 11.9 Å². The molecule has 2 aromatic carbocycles. The van der Waals surface area contributed by atoms with Crippen LogP contribution in [0.4, 0.5) is 10.6 Å². The van der Waals surface area contributed by atoms with Gasteiger partial charge in [-0.15, -0.1) is 5.10 Å². The molecule has 2 aromatic heterocycles. The Morgan fingerprint density at radius 2 is 1.88 bits per heavy atom. The van der Waals surface area contributed by atoms with Gasteiger partial charge in [-0.05, 0) is 40.6 Å². The summed E-state index contributed by atoms with van der Waals surface area (Å²) in [5.74, 6) is 1.29. The van der Waals surface area contributed by atoms with Crippen LogP contribution in [0.15, 0.2) is 54.9 Å². The summed E-state index contributed by atoms with van der Waals surface area (Å²) in [6, 6.07) is 13.5. The van der Waals surface area contributed by atoms with E-state index in [0.29, 0.717) is 29.4 Å². The summed E-state index contributed by atoms with van der Waals surface area (Å²) in [7, 11) is 0. The molecule has 0 saturated carbocycles. The summed E-state index contributed by atoms with van der Waals surface area (Å²) in [5, 5.41) is 14.5. The number of nitrogens with two attached hydrogens (primary N) is 1. The van der Waals surface area contributed by atoms with Crippen molar-refractivity contribution in [2.45, 2.75) is 26.8 Å². The lowest BCUT2D eigenvalue weighted by atomic mass is 10.0. The first-order valence-electron chi connectivity index (χ1n) is 10.0. The fourth-order valence-electron chi connectivity index (χ4n) is 3.12. The second-order valence-corrected chi connectivity index (χ2v) is 7.07. The van der Waals surface area contributed by atoms with Gasteiger partial charge in [-0.3, -0.25) is 4.98 Å². The number of hydrogen-bond donors (Lipinski definition) is 2. The van der Waals surface area contributed by atoms with Gasteiger partial charge in [-0.25, -0.2) is 9.78 Å². The van der Waals surface area contributed by atoms with Crippen LogP contribution in [-0.4, -0.2) is 36.3 Å². The number of aromatic nitrogens is 6. The van der Waals surface area contributed by atoms with Gasteiger partial charge in [0.05, 0.1) is 12.2 Å². The minimum atomic E-state index is -0.644. The second-order valence-electron chi connectivity index (χ2n) is 7.07. The van der Waals surface area contributed by atoms with Crippen molar-refractivity contribution in [1.82, 2.24) is 35.5 Å². The van der Waals surface area contributed by atoms with E-state index in [2.05, 4.69) is 30.8 Å². The number of amides is 1. The van der Waals surface area contributed by atoms with Gasteiger partial charge >= 0.3 is 6.09 Å². The molecule has 0 saturated heterocycles. The predicted octanol–water partition coefficient (Wildman–Crippen LogP) is 2.86. The molecule has 0 fully saturated rings. The third-order valence-corrected chi connectivity index (χ3v) is 4.79. The first-order chi connectivity index (χ1) is 15.5. The van der Waals surface area contributed by atoms with Crippen LogP contribution in [-0.2, 0) is 13.0 Å². The van der Waals surface area contributed by atoms with E-state index >= 15 is 0 Å². The molecule has 3 N–H and O–H groups in total. The zero-order chi connectivity index (χ0) is 22.5. The largest absolute Gasteiger partial charge is 0.412 e. The minimum Gasteiger partial charge on any atom is -0.410 e. The lowest BCUT2D eigenvalue weighted by molar-refractivity contribution is 0.200. The number of aryl methyl sites for hydroxylation is 2. The van der Waals surface area contributed by atoms with E-state index in [1.807, 2.05) is 44.2 Å². The Bertz CT molecular complexity index is 1240. The number of carbonyl (C=O) groups excluding carboxylic acids is 1. The van der Waals surface area contributed by atoms with Gasteiger partial charge in [0.1, 0.15) is 17.3 Å². The molecule has 10 nitrogen and oxygen atoms in total. The van der Waals surface area contributed by atoms with Crippen LogP contribution >= 0.6 is 0 Å². The molecule has 4 aromatic rings. The molecule has 4 rings (SSSR count). The van der Waals surface area contributed by atoms with Crippen molar-refractivity contribution in [2.24, 2.45) is 0 Å². The molecule has 0 spiro atoms. The Morgan fingerprint density at radius 3 is 2.62 bits per heavy atom. The molecular formula is C22H22N8O2. The Labute approximate surface area is 184 Å². The predicted molar refractivity (Wildman–Crippen MR) is 118 cm³/mol. The fraction of sp³-hybridized carbons (Fsp3) is 0.182. The van der Waals surface area contributed by atoms with Gasteiger partial charge in [-0.2, -0.15) is 4.68 Å². The van der Waals surface area contributed by atoms with Gasteiger partial charge in [0.2, 0.25) is 0 Å². The highest BCUT2D eigenvalue weighted by Gasteiger charge is 2.13. The van der Waals surface area contributed by atoms with Crippen molar-refractivity contribution < 1.29 is 9.53 Å². The maximum absolute atomic E-state index is 12.4. The summed E-state index contributed by atoms with van der Waals surface area (Å²) in [6.45, 7) is 4.09. The third kappa shape index (κ3) is 4.69. The topological polar surface area (TPSA) is 134 Å². The van der Waals surface area contributed by atoms with Crippen molar-refractivity contribution in [3.8, 4) is 22.6 Å². The average Bonchev–Trinajstić information content (AvgIpc) is 3.28. The molecule has 0 aliphatic heterocycles. The van der Waals surface area contributed by atoms with Crippen molar-refractivity contribution in [1.29, 1.82) is 0 Å². The number of ether oxygens (including phenoxy) is 1. The molecule has 1 amide bonds. The quantitative estimate of drug-likeness (QED) is 0.477. The first-order valence-corrected chi connectivity index (χ1v) is 10.0. The monoisotopic (exact) mass is 430 g/mol. The SMILES string of the molecule is CCc1nnnn1-c1cc(OC(=O)NCc2nccnc2N)cc(-c2ccc(C)cc2)c1. The van der Waals surface area contributed by atoms with E-state index in [9.17, 15) is 4.79 Å². The summed E-state index contributed by atoms with van der Waals surface area (Å²) in [6.07, 6.45) is 3.00. The maximum Gasteiger partial charge on any atom is 0.412 e. The zero-order valence-corrected chi connectivity index (χ0v) is 17.7. The molecular weight excluding hydrogens is 408 g/mol. The van der Waals surface area contributed by atoms with Crippen LogP contribution in [0.5, 0.6) is 5.75 Å². The molecule has 162 valence electrons. The van der Waals surface area contributed by atoms with E-state index < -0.39 is 6.09 Å². The summed E-state index contributed by atoms with van der Waals surface area (Å²) < 4.78 is 7.18. The van der Waals surface area contributed by atoms with Crippen LogP contribution in [0, 0.1) is 6.92 Å². The van der Waals surface area contributed by atoms with Crippen molar-refractivity contribution in [3.63, 3.8) is 0 Å². The van der Waals surface area contributed by atoms with Crippen molar-refractivity contribution in [2.75, 3.05) is 5.73 Å². The highest BCUT2D eigenvalue weighted by molar-refractivity contribution is 5.74. The lowest BCUT2D eigenvalue weighted by Crippen LogP contribution is -2.27. The van der Waals surface area contributed by atoms with Crippen LogP contribution in [0.2, 0.25) is 0 Å². The molecule has 0 atom stereocenters. The Kier molecular flexibility index (Phi) is 6.02. The Hall–Kier alpha value is -4.34. The zero-order valence-electron chi connectivity index (χ0n) is 17.7. The van der Waals surface area contributed by atoms with E-state index in [1.54, 1.807) is 16.8 Å². The second kappa shape index (κ2) is 9.21. The minimum absolute atomic E-state index is 0.0932. The van der Waals surface area contributed by atoms with Gasteiger partial charge in [0.25, 0.3) is 0 Å². The number of anilines is 1. The number of rotatable bonds is 6. The van der Waals surface area contributed by atoms with E-state index in [-0.39, 0.29) is 12.4 Å². The Morgan fingerprint density at radius 1 is 1.09 bits per heavy atom. The molecule has 32 heavy (non-hydrogen) atoms. The third-order valence-electron chi connectivity index (χ3n) is 4.79. The van der Waals surface area contributed by atoms with Crippen molar-refractivity contribution in [3.05, 3.63) is 71.9 Å². The van der Waals surface area contributed by atoms with Gasteiger partial charge in [-0.1, -0.05) is 36.8 Å². The number of tetrazole rings is 1. The highest BCUT2D eigenvalue weighted by atomic mass is 16.6. The first kappa shape index (κ1) is 20.9. The number of nitrogens with one attached hydrogen (secondary N) is 1.